The van der Waals surface area contributed by atoms with Crippen molar-refractivity contribution in [2.24, 2.45) is 23.7 Å². The number of amides is 2. The number of nitrogens with zero attached hydrogens (tertiary/aromatic N) is 1. The highest BCUT2D eigenvalue weighted by atomic mass is 16.5. The Morgan fingerprint density at radius 3 is 2.31 bits per heavy atom. The SMILES string of the molecule is CCC(C)C(NC)C(CC(=O)N1C(C(OC)C(C)C(=O)NC)CC2C(C)C21)OC. The predicted molar refractivity (Wildman–Crippen MR) is 113 cm³/mol. The van der Waals surface area contributed by atoms with Gasteiger partial charge >= 0.3 is 0 Å². The number of methoxy groups -OCH3 is 2. The number of rotatable bonds is 11. The van der Waals surface area contributed by atoms with Gasteiger partial charge in [0.2, 0.25) is 11.8 Å². The van der Waals surface area contributed by atoms with E-state index in [0.29, 0.717) is 24.2 Å². The Kier molecular flexibility index (Phi) is 8.49. The van der Waals surface area contributed by atoms with E-state index in [-0.39, 0.29) is 48.1 Å². The van der Waals surface area contributed by atoms with Gasteiger partial charge in [0.05, 0.1) is 30.6 Å². The Morgan fingerprint density at radius 1 is 1.17 bits per heavy atom. The monoisotopic (exact) mass is 411 g/mol. The minimum absolute atomic E-state index is 0.0559. The lowest BCUT2D eigenvalue weighted by Gasteiger charge is -2.38. The Balaban J connectivity index is 2.19. The van der Waals surface area contributed by atoms with Crippen LogP contribution in [0.1, 0.15) is 47.0 Å². The molecular weight excluding hydrogens is 370 g/mol. The Hall–Kier alpha value is -1.18. The summed E-state index contributed by atoms with van der Waals surface area (Å²) in [6, 6.07) is 0.307. The quantitative estimate of drug-likeness (QED) is 0.541. The molecule has 0 bridgehead atoms. The summed E-state index contributed by atoms with van der Waals surface area (Å²) in [7, 11) is 6.88. The van der Waals surface area contributed by atoms with Crippen LogP contribution in [0.4, 0.5) is 0 Å². The number of hydrogen-bond donors (Lipinski definition) is 2. The molecule has 7 nitrogen and oxygen atoms in total. The molecule has 2 N–H and O–H groups in total. The lowest BCUT2D eigenvalue weighted by atomic mass is 9.91. The van der Waals surface area contributed by atoms with Crippen LogP contribution < -0.4 is 10.6 Å². The van der Waals surface area contributed by atoms with E-state index >= 15 is 0 Å². The molecule has 2 fully saturated rings. The van der Waals surface area contributed by atoms with Gasteiger partial charge in [0.15, 0.2) is 0 Å². The van der Waals surface area contributed by atoms with Gasteiger partial charge in [-0.15, -0.1) is 0 Å². The summed E-state index contributed by atoms with van der Waals surface area (Å²) in [5.41, 5.74) is 0. The Labute approximate surface area is 176 Å². The summed E-state index contributed by atoms with van der Waals surface area (Å²) in [5.74, 6) is 1.15. The van der Waals surface area contributed by atoms with Gasteiger partial charge < -0.3 is 25.0 Å². The zero-order valence-corrected chi connectivity index (χ0v) is 19.4. The predicted octanol–water partition coefficient (Wildman–Crippen LogP) is 1.66. The second-order valence-corrected chi connectivity index (χ2v) is 8.90. The number of carbonyl (C=O) groups excluding carboxylic acids is 2. The first-order valence-corrected chi connectivity index (χ1v) is 11.0. The molecule has 0 aromatic carbocycles. The summed E-state index contributed by atoms with van der Waals surface area (Å²) < 4.78 is 11.5. The van der Waals surface area contributed by atoms with Crippen LogP contribution >= 0.6 is 0 Å². The van der Waals surface area contributed by atoms with Crippen molar-refractivity contribution < 1.29 is 19.1 Å². The second kappa shape index (κ2) is 10.2. The number of likely N-dealkylation sites (N-methyl/N-ethyl adjacent to an activating group) is 1. The van der Waals surface area contributed by atoms with Crippen molar-refractivity contribution in [3.05, 3.63) is 0 Å². The number of likely N-dealkylation sites (tertiary alicyclic amines) is 1. The van der Waals surface area contributed by atoms with Crippen molar-refractivity contribution in [1.29, 1.82) is 0 Å². The fourth-order valence-corrected chi connectivity index (χ4v) is 5.39. The van der Waals surface area contributed by atoms with E-state index in [2.05, 4.69) is 31.4 Å². The third-order valence-electron chi connectivity index (χ3n) is 7.47. The van der Waals surface area contributed by atoms with Crippen LogP contribution in [0.25, 0.3) is 0 Å². The number of carbonyl (C=O) groups is 2. The maximum Gasteiger partial charge on any atom is 0.225 e. The van der Waals surface area contributed by atoms with Crippen molar-refractivity contribution in [1.82, 2.24) is 15.5 Å². The third-order valence-corrected chi connectivity index (χ3v) is 7.47. The molecule has 29 heavy (non-hydrogen) atoms. The van der Waals surface area contributed by atoms with E-state index in [1.54, 1.807) is 21.3 Å². The van der Waals surface area contributed by atoms with E-state index in [1.807, 2.05) is 18.9 Å². The van der Waals surface area contributed by atoms with Crippen molar-refractivity contribution in [2.75, 3.05) is 28.3 Å². The third kappa shape index (κ3) is 4.78. The first kappa shape index (κ1) is 24.1. The van der Waals surface area contributed by atoms with Crippen LogP contribution in [-0.4, -0.2) is 75.4 Å². The highest BCUT2D eigenvalue weighted by Crippen LogP contribution is 2.54. The van der Waals surface area contributed by atoms with Crippen molar-refractivity contribution in [2.45, 2.75) is 77.3 Å². The van der Waals surface area contributed by atoms with Crippen LogP contribution in [0, 0.1) is 23.7 Å². The minimum atomic E-state index is -0.318. The average molecular weight is 412 g/mol. The topological polar surface area (TPSA) is 79.9 Å². The molecule has 2 amide bonds. The highest BCUT2D eigenvalue weighted by Gasteiger charge is 2.62. The van der Waals surface area contributed by atoms with E-state index in [1.165, 1.54) is 0 Å². The van der Waals surface area contributed by atoms with Crippen molar-refractivity contribution in [3.63, 3.8) is 0 Å². The zero-order valence-electron chi connectivity index (χ0n) is 19.4. The molecule has 1 aliphatic carbocycles. The number of hydrogen-bond acceptors (Lipinski definition) is 5. The molecule has 0 radical (unpaired) electrons. The maximum atomic E-state index is 13.5. The van der Waals surface area contributed by atoms with Gasteiger partial charge in [0, 0.05) is 33.4 Å². The molecule has 7 heteroatoms. The standard InChI is InChI=1S/C22H41N3O4/c1-9-12(2)19(23-5)17(28-7)11-18(26)25-16(10-15-13(3)20(15)25)21(29-8)14(4)22(27)24-6/h12-17,19-21,23H,9-11H2,1-8H3,(H,24,27). The van der Waals surface area contributed by atoms with Gasteiger partial charge in [0.25, 0.3) is 0 Å². The molecule has 1 saturated carbocycles. The number of ether oxygens (including phenoxy) is 2. The van der Waals surface area contributed by atoms with Gasteiger partial charge in [-0.1, -0.05) is 34.1 Å². The smallest absolute Gasteiger partial charge is 0.225 e. The molecule has 1 saturated heterocycles. The lowest BCUT2D eigenvalue weighted by Crippen LogP contribution is -2.53. The molecule has 9 unspecified atom stereocenters. The molecule has 1 aliphatic heterocycles. The van der Waals surface area contributed by atoms with E-state index in [0.717, 1.165) is 12.8 Å². The van der Waals surface area contributed by atoms with Gasteiger partial charge in [-0.25, -0.2) is 0 Å². The van der Waals surface area contributed by atoms with Gasteiger partial charge in [-0.2, -0.15) is 0 Å². The van der Waals surface area contributed by atoms with Gasteiger partial charge in [0.1, 0.15) is 0 Å². The fourth-order valence-electron chi connectivity index (χ4n) is 5.39. The molecule has 168 valence electrons. The highest BCUT2D eigenvalue weighted by molar-refractivity contribution is 5.80. The van der Waals surface area contributed by atoms with Crippen LogP contribution in [-0.2, 0) is 19.1 Å². The van der Waals surface area contributed by atoms with Crippen LogP contribution in [0.2, 0.25) is 0 Å². The Morgan fingerprint density at radius 2 is 1.83 bits per heavy atom. The average Bonchev–Trinajstić information content (AvgIpc) is 3.16. The molecular formula is C22H41N3O4. The van der Waals surface area contributed by atoms with Crippen LogP contribution in [0.15, 0.2) is 0 Å². The molecule has 0 spiro atoms. The zero-order chi connectivity index (χ0) is 21.9. The number of fused-ring (bicyclic) bond motifs is 1. The summed E-state index contributed by atoms with van der Waals surface area (Å²) in [5, 5.41) is 6.05. The molecule has 0 aromatic rings. The van der Waals surface area contributed by atoms with Crippen LogP contribution in [0.3, 0.4) is 0 Å². The normalized spacial score (nSPS) is 30.8. The first-order valence-electron chi connectivity index (χ1n) is 11.0. The molecule has 1 heterocycles. The summed E-state index contributed by atoms with van der Waals surface area (Å²) in [6.07, 6.45) is 1.76. The lowest BCUT2D eigenvalue weighted by molar-refractivity contribution is -0.144. The van der Waals surface area contributed by atoms with Crippen molar-refractivity contribution >= 4 is 11.8 Å². The van der Waals surface area contributed by atoms with Gasteiger partial charge in [-0.3, -0.25) is 9.59 Å². The molecule has 2 aliphatic rings. The minimum Gasteiger partial charge on any atom is -0.379 e. The first-order chi connectivity index (χ1) is 13.8. The maximum absolute atomic E-state index is 13.5. The van der Waals surface area contributed by atoms with E-state index in [9.17, 15) is 9.59 Å². The summed E-state index contributed by atoms with van der Waals surface area (Å²) in [6.45, 7) is 8.42. The van der Waals surface area contributed by atoms with E-state index < -0.39 is 0 Å². The largest absolute Gasteiger partial charge is 0.379 e. The summed E-state index contributed by atoms with van der Waals surface area (Å²) in [4.78, 5) is 27.7. The Bertz CT molecular complexity index is 572. The van der Waals surface area contributed by atoms with Crippen LogP contribution in [0.5, 0.6) is 0 Å². The molecule has 0 aromatic heterocycles. The summed E-state index contributed by atoms with van der Waals surface area (Å²) >= 11 is 0. The number of piperidine rings is 1. The molecule has 9 atom stereocenters. The fraction of sp³-hybridized carbons (Fsp3) is 0.909. The van der Waals surface area contributed by atoms with E-state index in [4.69, 9.17) is 9.47 Å². The second-order valence-electron chi connectivity index (χ2n) is 8.90. The van der Waals surface area contributed by atoms with Crippen molar-refractivity contribution in [3.8, 4) is 0 Å². The number of nitrogens with one attached hydrogen (secondary N) is 2. The van der Waals surface area contributed by atoms with Gasteiger partial charge in [-0.05, 0) is 31.2 Å². The molecule has 2 rings (SSSR count).